The van der Waals surface area contributed by atoms with Crippen molar-refractivity contribution < 1.29 is 32.3 Å². The molecule has 112 valence electrons. The second-order valence-electron chi connectivity index (χ2n) is 4.38. The summed E-state index contributed by atoms with van der Waals surface area (Å²) in [5.41, 5.74) is -0.0582. The molecule has 0 radical (unpaired) electrons. The minimum atomic E-state index is -4.73. The fourth-order valence-corrected chi connectivity index (χ4v) is 2.13. The van der Waals surface area contributed by atoms with Gasteiger partial charge in [-0.2, -0.15) is 13.2 Å². The van der Waals surface area contributed by atoms with Crippen molar-refractivity contribution in [2.24, 2.45) is 0 Å². The summed E-state index contributed by atoms with van der Waals surface area (Å²) in [5, 5.41) is 0. The van der Waals surface area contributed by atoms with Crippen LogP contribution < -0.4 is 0 Å². The highest BCUT2D eigenvalue weighted by atomic mass is 19.4. The van der Waals surface area contributed by atoms with E-state index < -0.39 is 36.4 Å². The zero-order chi connectivity index (χ0) is 15.8. The molecule has 0 spiro atoms. The lowest BCUT2D eigenvalue weighted by Crippen LogP contribution is -2.47. The Bertz CT molecular complexity index is 577. The highest BCUT2D eigenvalue weighted by molar-refractivity contribution is 6.22. The SMILES string of the molecule is COC(=O)C(CC(F)(F)F)N1C(=O)c2ccccc2C1=O. The first-order valence-electron chi connectivity index (χ1n) is 5.87. The highest BCUT2D eigenvalue weighted by Crippen LogP contribution is 2.30. The second-order valence-corrected chi connectivity index (χ2v) is 4.38. The van der Waals surface area contributed by atoms with Crippen LogP contribution in [0.2, 0.25) is 0 Å². The molecule has 0 N–H and O–H groups in total. The summed E-state index contributed by atoms with van der Waals surface area (Å²) < 4.78 is 42.0. The van der Waals surface area contributed by atoms with Crippen molar-refractivity contribution in [3.05, 3.63) is 35.4 Å². The minimum absolute atomic E-state index is 0.0291. The quantitative estimate of drug-likeness (QED) is 0.630. The average molecular weight is 301 g/mol. The summed E-state index contributed by atoms with van der Waals surface area (Å²) >= 11 is 0. The first kappa shape index (κ1) is 15.0. The molecule has 0 aromatic heterocycles. The molecule has 0 saturated carbocycles. The van der Waals surface area contributed by atoms with Crippen molar-refractivity contribution in [1.82, 2.24) is 4.90 Å². The third-order valence-electron chi connectivity index (χ3n) is 3.04. The largest absolute Gasteiger partial charge is 0.467 e. The zero-order valence-corrected chi connectivity index (χ0v) is 10.8. The number of amides is 2. The van der Waals surface area contributed by atoms with Crippen molar-refractivity contribution in [2.75, 3.05) is 7.11 Å². The zero-order valence-electron chi connectivity index (χ0n) is 10.8. The maximum Gasteiger partial charge on any atom is 0.391 e. The first-order valence-corrected chi connectivity index (χ1v) is 5.87. The summed E-state index contributed by atoms with van der Waals surface area (Å²) in [7, 11) is 0.893. The van der Waals surface area contributed by atoms with Crippen LogP contribution >= 0.6 is 0 Å². The van der Waals surface area contributed by atoms with E-state index in [1.807, 2.05) is 0 Å². The fraction of sp³-hybridized carbons (Fsp3) is 0.308. The number of alkyl halides is 3. The topological polar surface area (TPSA) is 63.7 Å². The Balaban J connectivity index is 2.41. The van der Waals surface area contributed by atoms with Gasteiger partial charge in [-0.25, -0.2) is 4.79 Å². The molecule has 0 saturated heterocycles. The Kier molecular flexibility index (Phi) is 3.71. The van der Waals surface area contributed by atoms with E-state index in [-0.39, 0.29) is 11.1 Å². The van der Waals surface area contributed by atoms with Crippen LogP contribution in [0.25, 0.3) is 0 Å². The van der Waals surface area contributed by atoms with Crippen LogP contribution in [0.3, 0.4) is 0 Å². The minimum Gasteiger partial charge on any atom is -0.467 e. The summed E-state index contributed by atoms with van der Waals surface area (Å²) in [6, 6.07) is 3.56. The summed E-state index contributed by atoms with van der Waals surface area (Å²) in [6.07, 6.45) is -6.38. The third-order valence-corrected chi connectivity index (χ3v) is 3.04. The highest BCUT2D eigenvalue weighted by Gasteiger charge is 2.47. The molecule has 21 heavy (non-hydrogen) atoms. The Morgan fingerprint density at radius 3 is 2.05 bits per heavy atom. The molecule has 1 aromatic carbocycles. The van der Waals surface area contributed by atoms with Crippen LogP contribution in [0.4, 0.5) is 13.2 Å². The smallest absolute Gasteiger partial charge is 0.391 e. The lowest BCUT2D eigenvalue weighted by Gasteiger charge is -2.24. The van der Waals surface area contributed by atoms with Crippen molar-refractivity contribution >= 4 is 17.8 Å². The van der Waals surface area contributed by atoms with Gasteiger partial charge in [0, 0.05) is 0 Å². The molecule has 1 heterocycles. The van der Waals surface area contributed by atoms with Gasteiger partial charge in [0.1, 0.15) is 6.04 Å². The van der Waals surface area contributed by atoms with Gasteiger partial charge in [0.25, 0.3) is 11.8 Å². The number of fused-ring (bicyclic) bond motifs is 1. The molecule has 0 aliphatic carbocycles. The van der Waals surface area contributed by atoms with Crippen LogP contribution in [0.15, 0.2) is 24.3 Å². The lowest BCUT2D eigenvalue weighted by atomic mass is 10.1. The van der Waals surface area contributed by atoms with Crippen molar-refractivity contribution in [3.63, 3.8) is 0 Å². The standard InChI is InChI=1S/C13H10F3NO4/c1-21-12(20)9(6-13(14,15)16)17-10(18)7-4-2-3-5-8(7)11(17)19/h2-5,9H,6H2,1H3. The monoisotopic (exact) mass is 301 g/mol. The number of esters is 1. The van der Waals surface area contributed by atoms with Gasteiger partial charge in [-0.05, 0) is 12.1 Å². The van der Waals surface area contributed by atoms with E-state index in [1.165, 1.54) is 24.3 Å². The van der Waals surface area contributed by atoms with Crippen LogP contribution in [0, 0.1) is 0 Å². The Hall–Kier alpha value is -2.38. The lowest BCUT2D eigenvalue weighted by molar-refractivity contribution is -0.164. The molecular weight excluding hydrogens is 291 g/mol. The molecule has 1 atom stereocenters. The number of methoxy groups -OCH3 is 1. The van der Waals surface area contributed by atoms with E-state index in [2.05, 4.69) is 4.74 Å². The van der Waals surface area contributed by atoms with Crippen molar-refractivity contribution in [1.29, 1.82) is 0 Å². The predicted octanol–water partition coefficient (Wildman–Crippen LogP) is 1.78. The van der Waals surface area contributed by atoms with Gasteiger partial charge in [0.2, 0.25) is 0 Å². The van der Waals surface area contributed by atoms with Gasteiger partial charge in [-0.15, -0.1) is 0 Å². The molecule has 1 aliphatic heterocycles. The number of hydrogen-bond donors (Lipinski definition) is 0. The maximum atomic E-state index is 12.6. The number of ether oxygens (including phenoxy) is 1. The molecule has 5 nitrogen and oxygen atoms in total. The summed E-state index contributed by atoms with van der Waals surface area (Å²) in [5.74, 6) is -3.16. The van der Waals surface area contributed by atoms with Crippen molar-refractivity contribution in [2.45, 2.75) is 18.6 Å². The van der Waals surface area contributed by atoms with E-state index >= 15 is 0 Å². The molecule has 1 aliphatic rings. The number of hydrogen-bond acceptors (Lipinski definition) is 4. The van der Waals surface area contributed by atoms with Gasteiger partial charge in [0.15, 0.2) is 0 Å². The van der Waals surface area contributed by atoms with Crippen LogP contribution in [0.1, 0.15) is 27.1 Å². The normalized spacial score (nSPS) is 15.9. The van der Waals surface area contributed by atoms with Gasteiger partial charge in [0.05, 0.1) is 24.7 Å². The van der Waals surface area contributed by atoms with Gasteiger partial charge >= 0.3 is 12.1 Å². The van der Waals surface area contributed by atoms with Gasteiger partial charge < -0.3 is 4.74 Å². The molecule has 1 aromatic rings. The van der Waals surface area contributed by atoms with Crippen LogP contribution in [-0.4, -0.2) is 42.0 Å². The number of carbonyl (C=O) groups is 3. The predicted molar refractivity (Wildman–Crippen MR) is 63.4 cm³/mol. The molecular formula is C13H10F3NO4. The van der Waals surface area contributed by atoms with E-state index in [0.29, 0.717) is 4.90 Å². The maximum absolute atomic E-state index is 12.6. The van der Waals surface area contributed by atoms with E-state index in [9.17, 15) is 27.6 Å². The van der Waals surface area contributed by atoms with E-state index in [1.54, 1.807) is 0 Å². The molecule has 0 bridgehead atoms. The number of nitrogens with zero attached hydrogens (tertiary/aromatic N) is 1. The summed E-state index contributed by atoms with van der Waals surface area (Å²) in [4.78, 5) is 36.0. The number of rotatable bonds is 3. The van der Waals surface area contributed by atoms with E-state index in [0.717, 1.165) is 7.11 Å². The molecule has 2 amide bonds. The first-order chi connectivity index (χ1) is 9.76. The molecule has 8 heteroatoms. The average Bonchev–Trinajstić information content (AvgIpc) is 2.67. The molecule has 0 fully saturated rings. The Morgan fingerprint density at radius 2 is 1.67 bits per heavy atom. The summed E-state index contributed by atoms with van der Waals surface area (Å²) in [6.45, 7) is 0. The van der Waals surface area contributed by atoms with E-state index in [4.69, 9.17) is 0 Å². The number of imide groups is 1. The fourth-order valence-electron chi connectivity index (χ4n) is 2.13. The number of halogens is 3. The molecule has 1 unspecified atom stereocenters. The van der Waals surface area contributed by atoms with Gasteiger partial charge in [-0.3, -0.25) is 14.5 Å². The van der Waals surface area contributed by atoms with Gasteiger partial charge in [-0.1, -0.05) is 12.1 Å². The van der Waals surface area contributed by atoms with Crippen LogP contribution in [0.5, 0.6) is 0 Å². The Morgan fingerprint density at radius 1 is 1.19 bits per heavy atom. The molecule has 2 rings (SSSR count). The van der Waals surface area contributed by atoms with Crippen molar-refractivity contribution in [3.8, 4) is 0 Å². The Labute approximate surface area is 117 Å². The van der Waals surface area contributed by atoms with Crippen LogP contribution in [-0.2, 0) is 9.53 Å². The second kappa shape index (κ2) is 5.19. The number of benzene rings is 1. The third kappa shape index (κ3) is 2.74. The number of carbonyl (C=O) groups excluding carboxylic acids is 3.